The Morgan fingerprint density at radius 2 is 0.944 bits per heavy atom. The molecule has 2 heteroatoms. The molecule has 0 atom stereocenters. The van der Waals surface area contributed by atoms with Crippen molar-refractivity contribution in [3.05, 3.63) is 221 Å². The van der Waals surface area contributed by atoms with Crippen LogP contribution in [0.15, 0.2) is 192 Å². The Labute approximate surface area is 315 Å². The summed E-state index contributed by atoms with van der Waals surface area (Å²) in [5.41, 5.74) is 17.6. The molecule has 0 amide bonds. The van der Waals surface area contributed by atoms with E-state index in [2.05, 4.69) is 201 Å². The van der Waals surface area contributed by atoms with Crippen molar-refractivity contribution in [3.63, 3.8) is 0 Å². The molecule has 0 unspecified atom stereocenters. The average molecular weight is 692 g/mol. The summed E-state index contributed by atoms with van der Waals surface area (Å²) in [5, 5.41) is 2.22. The minimum atomic E-state index is -0.456. The molecule has 2 nitrogen and oxygen atoms in total. The molecule has 0 N–H and O–H groups in total. The van der Waals surface area contributed by atoms with Crippen molar-refractivity contribution >= 4 is 39.0 Å². The third-order valence-corrected chi connectivity index (χ3v) is 12.2. The van der Waals surface area contributed by atoms with Gasteiger partial charge in [-0.25, -0.2) is 0 Å². The molecule has 11 rings (SSSR count). The Bertz CT molecular complexity index is 2870. The number of hydrogen-bond donors (Lipinski definition) is 0. The molecule has 2 aliphatic rings. The molecule has 0 spiro atoms. The van der Waals surface area contributed by atoms with E-state index in [1.54, 1.807) is 0 Å². The second-order valence-corrected chi connectivity index (χ2v) is 15.2. The first kappa shape index (κ1) is 30.9. The van der Waals surface area contributed by atoms with Gasteiger partial charge in [-0.1, -0.05) is 159 Å². The van der Waals surface area contributed by atoms with Crippen LogP contribution in [-0.4, -0.2) is 0 Å². The smallest absolute Gasteiger partial charge is 0.137 e. The molecule has 0 radical (unpaired) electrons. The van der Waals surface area contributed by atoms with Gasteiger partial charge in [0, 0.05) is 22.2 Å². The van der Waals surface area contributed by atoms with Crippen LogP contribution in [-0.2, 0) is 10.8 Å². The summed E-state index contributed by atoms with van der Waals surface area (Å²) in [5.74, 6) is 0. The van der Waals surface area contributed by atoms with Gasteiger partial charge >= 0.3 is 0 Å². The zero-order valence-corrected chi connectivity index (χ0v) is 30.3. The summed E-state index contributed by atoms with van der Waals surface area (Å²) in [6.07, 6.45) is 0. The molecule has 0 bridgehead atoms. The van der Waals surface area contributed by atoms with Crippen LogP contribution in [0, 0.1) is 0 Å². The van der Waals surface area contributed by atoms with E-state index in [0.29, 0.717) is 0 Å². The van der Waals surface area contributed by atoms with Gasteiger partial charge in [0.15, 0.2) is 0 Å². The van der Waals surface area contributed by atoms with Crippen LogP contribution in [0.4, 0.5) is 17.1 Å². The van der Waals surface area contributed by atoms with Crippen molar-refractivity contribution in [1.82, 2.24) is 0 Å². The number of nitrogens with zero attached hydrogens (tertiary/aromatic N) is 1. The number of para-hydroxylation sites is 1. The molecule has 0 saturated carbocycles. The molecule has 256 valence electrons. The van der Waals surface area contributed by atoms with Gasteiger partial charge in [-0.15, -0.1) is 0 Å². The monoisotopic (exact) mass is 691 g/mol. The van der Waals surface area contributed by atoms with Crippen LogP contribution in [0.5, 0.6) is 0 Å². The molecule has 54 heavy (non-hydrogen) atoms. The van der Waals surface area contributed by atoms with E-state index in [-0.39, 0.29) is 5.41 Å². The van der Waals surface area contributed by atoms with Crippen molar-refractivity contribution < 1.29 is 4.42 Å². The molecule has 0 saturated heterocycles. The van der Waals surface area contributed by atoms with E-state index in [1.165, 1.54) is 55.6 Å². The van der Waals surface area contributed by atoms with Crippen molar-refractivity contribution in [3.8, 4) is 22.3 Å². The molecule has 1 heterocycles. The third-order valence-electron chi connectivity index (χ3n) is 12.2. The fourth-order valence-corrected chi connectivity index (χ4v) is 9.77. The normalized spacial score (nSPS) is 14.4. The number of rotatable bonds is 5. The second-order valence-electron chi connectivity index (χ2n) is 15.2. The number of hydrogen-bond acceptors (Lipinski definition) is 2. The summed E-state index contributed by atoms with van der Waals surface area (Å²) in [7, 11) is 0. The van der Waals surface area contributed by atoms with Crippen LogP contribution >= 0.6 is 0 Å². The van der Waals surface area contributed by atoms with E-state index in [4.69, 9.17) is 4.42 Å². The Morgan fingerprint density at radius 3 is 1.67 bits per heavy atom. The predicted molar refractivity (Wildman–Crippen MR) is 223 cm³/mol. The fraction of sp³-hybridized carbons (Fsp3) is 0.0769. The highest BCUT2D eigenvalue weighted by Crippen LogP contribution is 2.57. The molecule has 8 aromatic carbocycles. The molecule has 0 fully saturated rings. The summed E-state index contributed by atoms with van der Waals surface area (Å²) < 4.78 is 6.45. The maximum Gasteiger partial charge on any atom is 0.137 e. The number of fused-ring (bicyclic) bond motifs is 9. The molecule has 2 aliphatic carbocycles. The van der Waals surface area contributed by atoms with E-state index in [1.807, 2.05) is 6.07 Å². The first-order chi connectivity index (χ1) is 26.5. The van der Waals surface area contributed by atoms with E-state index in [9.17, 15) is 0 Å². The second kappa shape index (κ2) is 11.4. The highest BCUT2D eigenvalue weighted by Gasteiger charge is 2.46. The van der Waals surface area contributed by atoms with E-state index >= 15 is 0 Å². The van der Waals surface area contributed by atoms with Crippen LogP contribution in [0.3, 0.4) is 0 Å². The van der Waals surface area contributed by atoms with Gasteiger partial charge in [0.05, 0.1) is 16.5 Å². The zero-order chi connectivity index (χ0) is 36.0. The quantitative estimate of drug-likeness (QED) is 0.179. The van der Waals surface area contributed by atoms with Crippen molar-refractivity contribution in [2.45, 2.75) is 24.7 Å². The number of furan rings is 1. The van der Waals surface area contributed by atoms with Crippen molar-refractivity contribution in [2.24, 2.45) is 0 Å². The maximum absolute atomic E-state index is 6.45. The van der Waals surface area contributed by atoms with Crippen molar-refractivity contribution in [1.29, 1.82) is 0 Å². The van der Waals surface area contributed by atoms with Crippen LogP contribution in [0.1, 0.15) is 47.2 Å². The molecule has 1 aromatic heterocycles. The number of benzene rings is 8. The van der Waals surface area contributed by atoms with Gasteiger partial charge in [-0.2, -0.15) is 0 Å². The lowest BCUT2D eigenvalue weighted by atomic mass is 9.68. The zero-order valence-electron chi connectivity index (χ0n) is 30.3. The Hall–Kier alpha value is -6.64. The third kappa shape index (κ3) is 4.17. The Morgan fingerprint density at radius 1 is 0.407 bits per heavy atom. The lowest BCUT2D eigenvalue weighted by molar-refractivity contribution is 0.660. The number of anilines is 3. The highest BCUT2D eigenvalue weighted by atomic mass is 16.3. The van der Waals surface area contributed by atoms with Gasteiger partial charge in [-0.3, -0.25) is 0 Å². The average Bonchev–Trinajstić information content (AvgIpc) is 3.83. The van der Waals surface area contributed by atoms with Gasteiger partial charge in [0.1, 0.15) is 11.2 Å². The Kier molecular flexibility index (Phi) is 6.55. The predicted octanol–water partition coefficient (Wildman–Crippen LogP) is 13.7. The minimum Gasteiger partial charge on any atom is -0.456 e. The standard InChI is InChI=1S/C52H37NO/c1-51(2)43-21-10-6-17-38(43)41-32-31-37(33-46(41)51)53(47-24-14-26-49-50(47)42-20-9-13-25-48(42)54-49)36-29-27-35(28-30-36)52(34-15-4-3-5-16-34)44-22-11-7-18-39(44)40-19-8-12-23-45(40)52/h3-33H,1-2H3. The largest absolute Gasteiger partial charge is 0.456 e. The first-order valence-corrected chi connectivity index (χ1v) is 18.9. The lowest BCUT2D eigenvalue weighted by Crippen LogP contribution is -2.28. The van der Waals surface area contributed by atoms with Gasteiger partial charge < -0.3 is 9.32 Å². The van der Waals surface area contributed by atoms with E-state index in [0.717, 1.165) is 39.0 Å². The fourth-order valence-electron chi connectivity index (χ4n) is 9.77. The lowest BCUT2D eigenvalue weighted by Gasteiger charge is -2.34. The topological polar surface area (TPSA) is 16.4 Å². The van der Waals surface area contributed by atoms with Gasteiger partial charge in [0.2, 0.25) is 0 Å². The summed E-state index contributed by atoms with van der Waals surface area (Å²) in [6.45, 7) is 4.70. The highest BCUT2D eigenvalue weighted by molar-refractivity contribution is 6.13. The van der Waals surface area contributed by atoms with Gasteiger partial charge in [0.25, 0.3) is 0 Å². The SMILES string of the molecule is CC1(C)c2ccccc2-c2ccc(N(c3ccc(C4(c5ccccc5)c5ccccc5-c5ccccc54)cc3)c3cccc4oc5ccccc5c34)cc21. The summed E-state index contributed by atoms with van der Waals surface area (Å²) in [4.78, 5) is 2.43. The van der Waals surface area contributed by atoms with Crippen molar-refractivity contribution in [2.75, 3.05) is 4.90 Å². The minimum absolute atomic E-state index is 0.128. The Balaban J connectivity index is 1.15. The van der Waals surface area contributed by atoms with Crippen LogP contribution in [0.2, 0.25) is 0 Å². The van der Waals surface area contributed by atoms with Crippen LogP contribution in [0.25, 0.3) is 44.2 Å². The van der Waals surface area contributed by atoms with Crippen LogP contribution < -0.4 is 4.90 Å². The molecular weight excluding hydrogens is 655 g/mol. The van der Waals surface area contributed by atoms with E-state index < -0.39 is 5.41 Å². The summed E-state index contributed by atoms with van der Waals surface area (Å²) >= 11 is 0. The first-order valence-electron chi connectivity index (χ1n) is 18.9. The van der Waals surface area contributed by atoms with Gasteiger partial charge in [-0.05, 0) is 98.1 Å². The molecular formula is C52H37NO. The molecule has 9 aromatic rings. The maximum atomic E-state index is 6.45. The molecule has 0 aliphatic heterocycles. The summed E-state index contributed by atoms with van der Waals surface area (Å²) in [6, 6.07) is 69.0.